The highest BCUT2D eigenvalue weighted by molar-refractivity contribution is 6.31. The molecule has 0 aliphatic rings. The van der Waals surface area contributed by atoms with E-state index in [0.29, 0.717) is 6.04 Å². The van der Waals surface area contributed by atoms with Crippen molar-refractivity contribution in [1.29, 1.82) is 0 Å². The first-order valence-corrected chi connectivity index (χ1v) is 6.89. The molecule has 1 heterocycles. The van der Waals surface area contributed by atoms with E-state index >= 15 is 0 Å². The van der Waals surface area contributed by atoms with E-state index in [1.165, 1.54) is 0 Å². The maximum atomic E-state index is 6.33. The molecule has 0 amide bonds. The number of hydrogen-bond donors (Lipinski definition) is 1. The molecule has 1 N–H and O–H groups in total. The summed E-state index contributed by atoms with van der Waals surface area (Å²) >= 11 is 6.33. The molecule has 0 spiro atoms. The van der Waals surface area contributed by atoms with Crippen molar-refractivity contribution in [3.63, 3.8) is 0 Å². The average molecular weight is 275 g/mol. The minimum atomic E-state index is 0.456. The Labute approximate surface area is 119 Å². The molecule has 2 rings (SSSR count). The SMILES string of the molecule is Cc1ccc(-c2ccc(CNC(C)C)c(Cl)c2)cn1. The maximum Gasteiger partial charge on any atom is 0.0457 e. The number of aryl methyl sites for hydroxylation is 1. The van der Waals surface area contributed by atoms with Gasteiger partial charge in [-0.2, -0.15) is 0 Å². The smallest absolute Gasteiger partial charge is 0.0457 e. The van der Waals surface area contributed by atoms with Crippen LogP contribution in [0.3, 0.4) is 0 Å². The molecule has 0 unspecified atom stereocenters. The predicted molar refractivity (Wildman–Crippen MR) is 81.4 cm³/mol. The molecule has 0 atom stereocenters. The lowest BCUT2D eigenvalue weighted by atomic mass is 10.1. The van der Waals surface area contributed by atoms with Gasteiger partial charge >= 0.3 is 0 Å². The van der Waals surface area contributed by atoms with E-state index in [1.807, 2.05) is 25.3 Å². The Morgan fingerprint density at radius 2 is 1.89 bits per heavy atom. The molecule has 1 aromatic heterocycles. The van der Waals surface area contributed by atoms with E-state index in [4.69, 9.17) is 11.6 Å². The van der Waals surface area contributed by atoms with E-state index < -0.39 is 0 Å². The highest BCUT2D eigenvalue weighted by Crippen LogP contribution is 2.25. The van der Waals surface area contributed by atoms with Gasteiger partial charge in [-0.25, -0.2) is 0 Å². The Kier molecular flexibility index (Phi) is 4.56. The Hall–Kier alpha value is -1.38. The number of rotatable bonds is 4. The third kappa shape index (κ3) is 3.79. The molecular formula is C16H19ClN2. The van der Waals surface area contributed by atoms with Gasteiger partial charge in [0.05, 0.1) is 0 Å². The molecule has 0 aliphatic carbocycles. The van der Waals surface area contributed by atoms with E-state index in [0.717, 1.165) is 34.0 Å². The van der Waals surface area contributed by atoms with E-state index in [2.05, 4.69) is 42.3 Å². The molecule has 1 aromatic carbocycles. The molecule has 0 saturated carbocycles. The molecule has 100 valence electrons. The van der Waals surface area contributed by atoms with Gasteiger partial charge in [0, 0.05) is 35.1 Å². The number of aromatic nitrogens is 1. The van der Waals surface area contributed by atoms with Crippen molar-refractivity contribution in [3.8, 4) is 11.1 Å². The monoisotopic (exact) mass is 274 g/mol. The molecule has 0 bridgehead atoms. The Morgan fingerprint density at radius 1 is 1.16 bits per heavy atom. The van der Waals surface area contributed by atoms with E-state index in [1.54, 1.807) is 0 Å². The Morgan fingerprint density at radius 3 is 2.47 bits per heavy atom. The first-order chi connectivity index (χ1) is 9.06. The van der Waals surface area contributed by atoms with Crippen LogP contribution in [0.1, 0.15) is 25.1 Å². The zero-order valence-electron chi connectivity index (χ0n) is 11.6. The van der Waals surface area contributed by atoms with Crippen LogP contribution < -0.4 is 5.32 Å². The fourth-order valence-electron chi connectivity index (χ4n) is 1.82. The van der Waals surface area contributed by atoms with Crippen LogP contribution in [0.25, 0.3) is 11.1 Å². The van der Waals surface area contributed by atoms with Gasteiger partial charge in [-0.1, -0.05) is 43.6 Å². The van der Waals surface area contributed by atoms with Crippen LogP contribution in [0.4, 0.5) is 0 Å². The topological polar surface area (TPSA) is 24.9 Å². The number of hydrogen-bond acceptors (Lipinski definition) is 2. The number of pyridine rings is 1. The van der Waals surface area contributed by atoms with Crippen LogP contribution in [0.5, 0.6) is 0 Å². The average Bonchev–Trinajstić information content (AvgIpc) is 2.38. The van der Waals surface area contributed by atoms with Crippen LogP contribution in [0, 0.1) is 6.92 Å². The first kappa shape index (κ1) is 14.0. The van der Waals surface area contributed by atoms with Gasteiger partial charge in [-0.3, -0.25) is 4.98 Å². The Balaban J connectivity index is 2.21. The normalized spacial score (nSPS) is 11.0. The second kappa shape index (κ2) is 6.18. The van der Waals surface area contributed by atoms with E-state index in [9.17, 15) is 0 Å². The quantitative estimate of drug-likeness (QED) is 0.903. The Bertz CT molecular complexity index is 547. The summed E-state index contributed by atoms with van der Waals surface area (Å²) < 4.78 is 0. The molecule has 0 radical (unpaired) electrons. The van der Waals surface area contributed by atoms with Crippen LogP contribution >= 0.6 is 11.6 Å². The number of nitrogens with one attached hydrogen (secondary N) is 1. The summed E-state index contributed by atoms with van der Waals surface area (Å²) in [6.45, 7) is 7.03. The second-order valence-electron chi connectivity index (χ2n) is 5.03. The van der Waals surface area contributed by atoms with Crippen LogP contribution in [-0.2, 0) is 6.54 Å². The summed E-state index contributed by atoms with van der Waals surface area (Å²) in [5.41, 5.74) is 4.34. The molecule has 2 nitrogen and oxygen atoms in total. The summed E-state index contributed by atoms with van der Waals surface area (Å²) in [6.07, 6.45) is 1.88. The second-order valence-corrected chi connectivity index (χ2v) is 5.44. The lowest BCUT2D eigenvalue weighted by Gasteiger charge is -2.11. The van der Waals surface area contributed by atoms with E-state index in [-0.39, 0.29) is 0 Å². The summed E-state index contributed by atoms with van der Waals surface area (Å²) in [4.78, 5) is 4.31. The van der Waals surface area contributed by atoms with Gasteiger partial charge in [0.1, 0.15) is 0 Å². The highest BCUT2D eigenvalue weighted by atomic mass is 35.5. The largest absolute Gasteiger partial charge is 0.310 e. The summed E-state index contributed by atoms with van der Waals surface area (Å²) in [7, 11) is 0. The van der Waals surface area contributed by atoms with Gasteiger partial charge in [-0.15, -0.1) is 0 Å². The molecule has 0 aliphatic heterocycles. The fourth-order valence-corrected chi connectivity index (χ4v) is 2.07. The molecule has 3 heteroatoms. The van der Waals surface area contributed by atoms with Gasteiger partial charge in [-0.05, 0) is 30.2 Å². The summed E-state index contributed by atoms with van der Waals surface area (Å²) in [6, 6.07) is 10.7. The summed E-state index contributed by atoms with van der Waals surface area (Å²) in [5.74, 6) is 0. The fraction of sp³-hybridized carbons (Fsp3) is 0.312. The molecule has 19 heavy (non-hydrogen) atoms. The standard InChI is InChI=1S/C16H19ClN2/c1-11(2)18-10-15-7-6-13(8-16(15)17)14-5-4-12(3)19-9-14/h4-9,11,18H,10H2,1-3H3. The van der Waals surface area contributed by atoms with Crippen LogP contribution in [0.2, 0.25) is 5.02 Å². The van der Waals surface area contributed by atoms with Crippen molar-refractivity contribution in [2.24, 2.45) is 0 Å². The molecule has 0 saturated heterocycles. The minimum Gasteiger partial charge on any atom is -0.310 e. The van der Waals surface area contributed by atoms with Gasteiger partial charge < -0.3 is 5.32 Å². The first-order valence-electron chi connectivity index (χ1n) is 6.51. The third-order valence-electron chi connectivity index (χ3n) is 3.00. The lowest BCUT2D eigenvalue weighted by Crippen LogP contribution is -2.21. The van der Waals surface area contributed by atoms with Gasteiger partial charge in [0.2, 0.25) is 0 Å². The molecule has 0 fully saturated rings. The van der Waals surface area contributed by atoms with Crippen molar-refractivity contribution >= 4 is 11.6 Å². The number of nitrogens with zero attached hydrogens (tertiary/aromatic N) is 1. The third-order valence-corrected chi connectivity index (χ3v) is 3.35. The molecular weight excluding hydrogens is 256 g/mol. The van der Waals surface area contributed by atoms with Crippen molar-refractivity contribution in [1.82, 2.24) is 10.3 Å². The summed E-state index contributed by atoms with van der Waals surface area (Å²) in [5, 5.41) is 4.17. The lowest BCUT2D eigenvalue weighted by molar-refractivity contribution is 0.589. The minimum absolute atomic E-state index is 0.456. The maximum absolute atomic E-state index is 6.33. The number of halogens is 1. The van der Waals surface area contributed by atoms with Crippen molar-refractivity contribution < 1.29 is 0 Å². The highest BCUT2D eigenvalue weighted by Gasteiger charge is 2.04. The predicted octanol–water partition coefficient (Wildman–Crippen LogP) is 4.21. The van der Waals surface area contributed by atoms with Crippen molar-refractivity contribution in [2.45, 2.75) is 33.4 Å². The zero-order chi connectivity index (χ0) is 13.8. The number of benzene rings is 1. The van der Waals surface area contributed by atoms with Gasteiger partial charge in [0.25, 0.3) is 0 Å². The van der Waals surface area contributed by atoms with Gasteiger partial charge in [0.15, 0.2) is 0 Å². The van der Waals surface area contributed by atoms with Crippen LogP contribution in [-0.4, -0.2) is 11.0 Å². The van der Waals surface area contributed by atoms with Crippen molar-refractivity contribution in [2.75, 3.05) is 0 Å². The molecule has 2 aromatic rings. The zero-order valence-corrected chi connectivity index (χ0v) is 12.3. The van der Waals surface area contributed by atoms with Crippen molar-refractivity contribution in [3.05, 3.63) is 52.8 Å². The van der Waals surface area contributed by atoms with Crippen LogP contribution in [0.15, 0.2) is 36.5 Å².